The zero-order chi connectivity index (χ0) is 12.4. The van der Waals surface area contributed by atoms with E-state index in [9.17, 15) is 9.90 Å². The van der Waals surface area contributed by atoms with Crippen LogP contribution in [-0.4, -0.2) is 5.97 Å². The molecule has 0 aliphatic carbocycles. The summed E-state index contributed by atoms with van der Waals surface area (Å²) in [6.45, 7) is 3.96. The molecule has 0 fully saturated rings. The molecule has 0 N–H and O–H groups in total. The summed E-state index contributed by atoms with van der Waals surface area (Å²) in [6.07, 6.45) is 0. The summed E-state index contributed by atoms with van der Waals surface area (Å²) in [5.74, 6) is -1.14. The van der Waals surface area contributed by atoms with Crippen LogP contribution >= 0.6 is 0 Å². The molecule has 0 aliphatic rings. The second-order valence-corrected chi connectivity index (χ2v) is 4.10. The molecule has 0 amide bonds. The Kier molecular flexibility index (Phi) is 5.15. The first kappa shape index (κ1) is 15.0. The van der Waals surface area contributed by atoms with Crippen LogP contribution in [0.15, 0.2) is 42.5 Å². The fourth-order valence-corrected chi connectivity index (χ4v) is 2.12. The quantitative estimate of drug-likeness (QED) is 0.662. The van der Waals surface area contributed by atoms with Gasteiger partial charge in [-0.05, 0) is 36.1 Å². The van der Waals surface area contributed by atoms with Gasteiger partial charge in [-0.15, -0.1) is 0 Å². The van der Waals surface area contributed by atoms with Crippen molar-refractivity contribution >= 4 is 5.97 Å². The third-order valence-electron chi connectivity index (χ3n) is 2.90. The predicted octanol–water partition coefficient (Wildman–Crippen LogP) is -0.662. The zero-order valence-corrected chi connectivity index (χ0v) is 12.9. The molecule has 2 nitrogen and oxygen atoms in total. The number of hydrogen-bond donors (Lipinski definition) is 0. The van der Waals surface area contributed by atoms with Gasteiger partial charge in [-0.1, -0.05) is 42.5 Å². The van der Waals surface area contributed by atoms with E-state index in [1.165, 1.54) is 0 Å². The van der Waals surface area contributed by atoms with Crippen molar-refractivity contribution in [1.29, 1.82) is 0 Å². The molecule has 2 aromatic carbocycles. The van der Waals surface area contributed by atoms with Crippen molar-refractivity contribution in [2.75, 3.05) is 0 Å². The fourth-order valence-electron chi connectivity index (χ4n) is 2.12. The number of aromatic carboxylic acids is 1. The maximum absolute atomic E-state index is 11.1. The van der Waals surface area contributed by atoms with Gasteiger partial charge >= 0.3 is 29.6 Å². The number of carboxylic acids is 1. The average Bonchev–Trinajstić information content (AvgIpc) is 2.29. The predicted molar refractivity (Wildman–Crippen MR) is 65.7 cm³/mol. The first-order chi connectivity index (χ1) is 8.11. The number of carbonyl (C=O) groups is 1. The van der Waals surface area contributed by atoms with Gasteiger partial charge in [0.05, 0.1) is 5.97 Å². The van der Waals surface area contributed by atoms with E-state index in [0.29, 0.717) is 0 Å². The number of benzene rings is 2. The zero-order valence-electron chi connectivity index (χ0n) is 10.9. The van der Waals surface area contributed by atoms with Crippen LogP contribution in [0.1, 0.15) is 21.5 Å². The van der Waals surface area contributed by atoms with Crippen LogP contribution in [0.5, 0.6) is 0 Å². The van der Waals surface area contributed by atoms with Crippen LogP contribution in [0, 0.1) is 13.8 Å². The van der Waals surface area contributed by atoms with Gasteiger partial charge < -0.3 is 9.90 Å². The van der Waals surface area contributed by atoms with Crippen LogP contribution in [0.3, 0.4) is 0 Å². The molecular formula is C15H13NaO2. The van der Waals surface area contributed by atoms with Crippen LogP contribution in [0.25, 0.3) is 11.1 Å². The fraction of sp³-hybridized carbons (Fsp3) is 0.133. The smallest absolute Gasteiger partial charge is 0.545 e. The van der Waals surface area contributed by atoms with Crippen molar-refractivity contribution in [2.24, 2.45) is 0 Å². The van der Waals surface area contributed by atoms with E-state index in [1.807, 2.05) is 44.2 Å². The van der Waals surface area contributed by atoms with Crippen molar-refractivity contribution in [3.63, 3.8) is 0 Å². The molecule has 0 unspecified atom stereocenters. The monoisotopic (exact) mass is 248 g/mol. The summed E-state index contributed by atoms with van der Waals surface area (Å²) in [5.41, 5.74) is 4.08. The Labute approximate surface area is 129 Å². The van der Waals surface area contributed by atoms with E-state index in [2.05, 4.69) is 0 Å². The normalized spacial score (nSPS) is 9.67. The summed E-state index contributed by atoms with van der Waals surface area (Å²) in [6, 6.07) is 12.9. The molecule has 0 saturated heterocycles. The maximum Gasteiger partial charge on any atom is 1.00 e. The van der Waals surface area contributed by atoms with Gasteiger partial charge in [0.25, 0.3) is 0 Å². The van der Waals surface area contributed by atoms with Crippen molar-refractivity contribution < 1.29 is 39.5 Å². The van der Waals surface area contributed by atoms with Crippen molar-refractivity contribution in [2.45, 2.75) is 13.8 Å². The molecule has 0 saturated carbocycles. The third-order valence-corrected chi connectivity index (χ3v) is 2.90. The summed E-state index contributed by atoms with van der Waals surface area (Å²) in [4.78, 5) is 11.1. The van der Waals surface area contributed by atoms with Crippen LogP contribution in [-0.2, 0) is 0 Å². The van der Waals surface area contributed by atoms with Gasteiger partial charge in [-0.25, -0.2) is 0 Å². The van der Waals surface area contributed by atoms with Crippen LogP contribution < -0.4 is 34.7 Å². The molecular weight excluding hydrogens is 235 g/mol. The molecule has 0 bridgehead atoms. The van der Waals surface area contributed by atoms with Crippen molar-refractivity contribution in [3.8, 4) is 11.1 Å². The number of carbonyl (C=O) groups excluding carboxylic acids is 1. The molecule has 3 heteroatoms. The molecule has 2 rings (SSSR count). The van der Waals surface area contributed by atoms with Gasteiger partial charge in [0, 0.05) is 5.56 Å². The minimum absolute atomic E-state index is 0. The average molecular weight is 248 g/mol. The maximum atomic E-state index is 11.1. The van der Waals surface area contributed by atoms with Gasteiger partial charge in [-0.3, -0.25) is 0 Å². The summed E-state index contributed by atoms with van der Waals surface area (Å²) in [7, 11) is 0. The second kappa shape index (κ2) is 6.19. The summed E-state index contributed by atoms with van der Waals surface area (Å²) >= 11 is 0. The van der Waals surface area contributed by atoms with Crippen molar-refractivity contribution in [3.05, 3.63) is 59.2 Å². The molecule has 0 heterocycles. The number of carboxylic acid groups (broad SMARTS) is 1. The first-order valence-electron chi connectivity index (χ1n) is 5.48. The largest absolute Gasteiger partial charge is 1.00 e. The van der Waals surface area contributed by atoms with Gasteiger partial charge in [-0.2, -0.15) is 0 Å². The summed E-state index contributed by atoms with van der Waals surface area (Å²) in [5, 5.41) is 11.1. The molecule has 86 valence electrons. The molecule has 0 atom stereocenters. The number of aryl methyl sites for hydroxylation is 2. The van der Waals surface area contributed by atoms with E-state index in [1.54, 1.807) is 12.1 Å². The molecule has 0 spiro atoms. The molecule has 0 aromatic heterocycles. The topological polar surface area (TPSA) is 40.1 Å². The molecule has 0 aliphatic heterocycles. The van der Waals surface area contributed by atoms with Gasteiger partial charge in [0.1, 0.15) is 0 Å². The first-order valence-corrected chi connectivity index (χ1v) is 5.48. The van der Waals surface area contributed by atoms with Crippen molar-refractivity contribution in [1.82, 2.24) is 0 Å². The Bertz CT molecular complexity index is 556. The van der Waals surface area contributed by atoms with E-state index < -0.39 is 5.97 Å². The number of hydrogen-bond acceptors (Lipinski definition) is 2. The molecule has 0 radical (unpaired) electrons. The molecule has 18 heavy (non-hydrogen) atoms. The summed E-state index contributed by atoms with van der Waals surface area (Å²) < 4.78 is 0. The Morgan fingerprint density at radius 3 is 2.06 bits per heavy atom. The third kappa shape index (κ3) is 2.83. The van der Waals surface area contributed by atoms with E-state index in [4.69, 9.17) is 0 Å². The Morgan fingerprint density at radius 1 is 0.944 bits per heavy atom. The Hall–Kier alpha value is -1.09. The van der Waals surface area contributed by atoms with Crippen LogP contribution in [0.4, 0.5) is 0 Å². The van der Waals surface area contributed by atoms with Gasteiger partial charge in [0.15, 0.2) is 0 Å². The second-order valence-electron chi connectivity index (χ2n) is 4.10. The Morgan fingerprint density at radius 2 is 1.50 bits per heavy atom. The minimum atomic E-state index is -1.14. The number of rotatable bonds is 2. The van der Waals surface area contributed by atoms with Gasteiger partial charge in [0.2, 0.25) is 0 Å². The van der Waals surface area contributed by atoms with E-state index in [0.717, 1.165) is 22.3 Å². The SMILES string of the molecule is Cc1cccc(C)c1-c1ccccc1C(=O)[O-].[Na+]. The minimum Gasteiger partial charge on any atom is -0.545 e. The van der Waals surface area contributed by atoms with Crippen LogP contribution in [0.2, 0.25) is 0 Å². The standard InChI is InChI=1S/C15H14O2.Na/c1-10-6-5-7-11(2)14(10)12-8-3-4-9-13(12)15(16)17;/h3-9H,1-2H3,(H,16,17);/q;+1/p-1. The van der Waals surface area contributed by atoms with E-state index in [-0.39, 0.29) is 35.1 Å². The Balaban J connectivity index is 0.00000162. The van der Waals surface area contributed by atoms with E-state index >= 15 is 0 Å². The molecule has 2 aromatic rings.